The number of likely N-dealkylation sites (tertiary alicyclic amines) is 1. The van der Waals surface area contributed by atoms with E-state index >= 15 is 0 Å². The van der Waals surface area contributed by atoms with Crippen LogP contribution in [0, 0.1) is 0 Å². The largest absolute Gasteiger partial charge is 0.480 e. The van der Waals surface area contributed by atoms with Gasteiger partial charge in [-0.3, -0.25) is 14.9 Å². The topological polar surface area (TPSA) is 95.9 Å². The first-order valence-electron chi connectivity index (χ1n) is 9.94. The van der Waals surface area contributed by atoms with Crippen molar-refractivity contribution in [1.29, 1.82) is 0 Å². The molecule has 1 aromatic carbocycles. The van der Waals surface area contributed by atoms with Gasteiger partial charge in [0.2, 0.25) is 5.91 Å². The molecular formula is C21H30N2O5. The van der Waals surface area contributed by atoms with E-state index in [4.69, 9.17) is 4.74 Å². The second-order valence-corrected chi connectivity index (χ2v) is 7.09. The van der Waals surface area contributed by atoms with Crippen molar-refractivity contribution in [2.75, 3.05) is 13.2 Å². The third-order valence-electron chi connectivity index (χ3n) is 5.09. The van der Waals surface area contributed by atoms with Crippen molar-refractivity contribution >= 4 is 17.8 Å². The SMILES string of the molecule is CCOC(=O)[C@H](CCc1ccccc1)N[C@H]1CCCCN([C@@H](C)C(=O)O)C1=O. The minimum absolute atomic E-state index is 0.263. The molecule has 0 saturated carbocycles. The van der Waals surface area contributed by atoms with Gasteiger partial charge in [-0.15, -0.1) is 0 Å². The molecule has 1 aliphatic rings. The highest BCUT2D eigenvalue weighted by Crippen LogP contribution is 2.17. The Labute approximate surface area is 166 Å². The predicted molar refractivity (Wildman–Crippen MR) is 105 cm³/mol. The first-order valence-corrected chi connectivity index (χ1v) is 9.94. The van der Waals surface area contributed by atoms with E-state index in [0.717, 1.165) is 18.4 Å². The van der Waals surface area contributed by atoms with Gasteiger partial charge in [-0.05, 0) is 51.5 Å². The molecule has 1 saturated heterocycles. The average Bonchev–Trinajstić information content (AvgIpc) is 2.87. The van der Waals surface area contributed by atoms with Crippen LogP contribution in [0.4, 0.5) is 0 Å². The number of aryl methyl sites for hydroxylation is 1. The van der Waals surface area contributed by atoms with Crippen molar-refractivity contribution in [3.63, 3.8) is 0 Å². The molecule has 1 fully saturated rings. The first kappa shape index (κ1) is 21.9. The number of esters is 1. The standard InChI is InChI=1S/C21H30N2O5/c1-3-28-21(27)18(13-12-16-9-5-4-6-10-16)22-17-11-7-8-14-23(19(17)24)15(2)20(25)26/h4-6,9-10,15,17-18,22H,3,7-8,11-14H2,1-2H3,(H,25,26)/t15-,17-,18-/m0/s1. The highest BCUT2D eigenvalue weighted by Gasteiger charge is 2.35. The molecule has 2 N–H and O–H groups in total. The van der Waals surface area contributed by atoms with Gasteiger partial charge < -0.3 is 14.7 Å². The summed E-state index contributed by atoms with van der Waals surface area (Å²) in [4.78, 5) is 38.1. The minimum Gasteiger partial charge on any atom is -0.480 e. The van der Waals surface area contributed by atoms with E-state index in [1.807, 2.05) is 30.3 Å². The Kier molecular flexibility index (Phi) is 8.44. The molecule has 1 amide bonds. The molecule has 1 aliphatic heterocycles. The van der Waals surface area contributed by atoms with Gasteiger partial charge in [-0.25, -0.2) is 4.79 Å². The molecule has 1 aromatic rings. The van der Waals surface area contributed by atoms with E-state index < -0.39 is 24.1 Å². The fourth-order valence-electron chi connectivity index (χ4n) is 3.45. The van der Waals surface area contributed by atoms with Gasteiger partial charge in [0.05, 0.1) is 12.6 Å². The van der Waals surface area contributed by atoms with Crippen molar-refractivity contribution in [2.45, 2.75) is 64.1 Å². The molecular weight excluding hydrogens is 360 g/mol. The zero-order chi connectivity index (χ0) is 20.5. The van der Waals surface area contributed by atoms with Gasteiger partial charge in [-0.2, -0.15) is 0 Å². The van der Waals surface area contributed by atoms with Crippen LogP contribution in [-0.2, 0) is 25.5 Å². The maximum atomic E-state index is 12.9. The van der Waals surface area contributed by atoms with E-state index in [-0.39, 0.29) is 18.5 Å². The molecule has 0 aromatic heterocycles. The normalized spacial score (nSPS) is 19.6. The fraction of sp³-hybridized carbons (Fsp3) is 0.571. The van der Waals surface area contributed by atoms with Gasteiger partial charge in [0.25, 0.3) is 0 Å². The lowest BCUT2D eigenvalue weighted by Crippen LogP contribution is -2.54. The average molecular weight is 390 g/mol. The van der Waals surface area contributed by atoms with Crippen LogP contribution in [-0.4, -0.2) is 59.1 Å². The molecule has 3 atom stereocenters. The highest BCUT2D eigenvalue weighted by atomic mass is 16.5. The third kappa shape index (κ3) is 6.05. The Morgan fingerprint density at radius 2 is 2.00 bits per heavy atom. The Balaban J connectivity index is 2.10. The highest BCUT2D eigenvalue weighted by molar-refractivity contribution is 5.87. The third-order valence-corrected chi connectivity index (χ3v) is 5.09. The van der Waals surface area contributed by atoms with Gasteiger partial charge in [0.1, 0.15) is 12.1 Å². The van der Waals surface area contributed by atoms with Crippen LogP contribution < -0.4 is 5.32 Å². The van der Waals surface area contributed by atoms with Gasteiger partial charge >= 0.3 is 11.9 Å². The second-order valence-electron chi connectivity index (χ2n) is 7.09. The molecule has 154 valence electrons. The van der Waals surface area contributed by atoms with Crippen LogP contribution in [0.1, 0.15) is 45.1 Å². The van der Waals surface area contributed by atoms with Crippen LogP contribution in [0.2, 0.25) is 0 Å². The molecule has 28 heavy (non-hydrogen) atoms. The maximum Gasteiger partial charge on any atom is 0.326 e. The number of carboxylic acids is 1. The molecule has 0 aliphatic carbocycles. The Bertz CT molecular complexity index is 664. The summed E-state index contributed by atoms with van der Waals surface area (Å²) in [5.41, 5.74) is 1.10. The van der Waals surface area contributed by atoms with E-state index in [0.29, 0.717) is 25.8 Å². The van der Waals surface area contributed by atoms with E-state index in [1.54, 1.807) is 6.92 Å². The number of carbonyl (C=O) groups excluding carboxylic acids is 2. The Morgan fingerprint density at radius 3 is 2.64 bits per heavy atom. The Hall–Kier alpha value is -2.41. The van der Waals surface area contributed by atoms with E-state index in [9.17, 15) is 19.5 Å². The van der Waals surface area contributed by atoms with Gasteiger partial charge in [-0.1, -0.05) is 30.3 Å². The van der Waals surface area contributed by atoms with Gasteiger partial charge in [0.15, 0.2) is 0 Å². The number of nitrogens with one attached hydrogen (secondary N) is 1. The number of rotatable bonds is 9. The zero-order valence-corrected chi connectivity index (χ0v) is 16.6. The zero-order valence-electron chi connectivity index (χ0n) is 16.6. The summed E-state index contributed by atoms with van der Waals surface area (Å²) in [7, 11) is 0. The molecule has 0 unspecified atom stereocenters. The van der Waals surface area contributed by atoms with Crippen LogP contribution in [0.5, 0.6) is 0 Å². The number of nitrogens with zero attached hydrogens (tertiary/aromatic N) is 1. The van der Waals surface area contributed by atoms with E-state index in [2.05, 4.69) is 5.32 Å². The van der Waals surface area contributed by atoms with Crippen molar-refractivity contribution in [1.82, 2.24) is 10.2 Å². The fourth-order valence-corrected chi connectivity index (χ4v) is 3.45. The lowest BCUT2D eigenvalue weighted by molar-refractivity contribution is -0.151. The summed E-state index contributed by atoms with van der Waals surface area (Å²) in [5.74, 6) is -1.67. The van der Waals surface area contributed by atoms with Crippen molar-refractivity contribution in [2.24, 2.45) is 0 Å². The molecule has 0 spiro atoms. The quantitative estimate of drug-likeness (QED) is 0.626. The molecule has 0 bridgehead atoms. The van der Waals surface area contributed by atoms with Crippen molar-refractivity contribution < 1.29 is 24.2 Å². The summed E-state index contributed by atoms with van der Waals surface area (Å²) in [6.07, 6.45) is 3.29. The Morgan fingerprint density at radius 1 is 1.29 bits per heavy atom. The van der Waals surface area contributed by atoms with Crippen molar-refractivity contribution in [3.05, 3.63) is 35.9 Å². The molecule has 7 heteroatoms. The summed E-state index contributed by atoms with van der Waals surface area (Å²) in [6.45, 7) is 3.95. The van der Waals surface area contributed by atoms with E-state index in [1.165, 1.54) is 11.8 Å². The summed E-state index contributed by atoms with van der Waals surface area (Å²) in [6, 6.07) is 7.73. The number of hydrogen-bond acceptors (Lipinski definition) is 5. The first-order chi connectivity index (χ1) is 13.4. The molecule has 1 heterocycles. The number of aliphatic carboxylic acids is 1. The summed E-state index contributed by atoms with van der Waals surface area (Å²) >= 11 is 0. The number of carboxylic acid groups (broad SMARTS) is 1. The maximum absolute atomic E-state index is 12.9. The molecule has 2 rings (SSSR count). The van der Waals surface area contributed by atoms with Gasteiger partial charge in [0, 0.05) is 6.54 Å². The van der Waals surface area contributed by atoms with Crippen LogP contribution in [0.25, 0.3) is 0 Å². The number of carbonyl (C=O) groups is 3. The van der Waals surface area contributed by atoms with Crippen LogP contribution in [0.15, 0.2) is 30.3 Å². The predicted octanol–water partition coefficient (Wildman–Crippen LogP) is 1.99. The molecule has 7 nitrogen and oxygen atoms in total. The number of ether oxygens (including phenoxy) is 1. The summed E-state index contributed by atoms with van der Waals surface area (Å²) in [5, 5.41) is 12.5. The molecule has 0 radical (unpaired) electrons. The minimum atomic E-state index is -1.03. The van der Waals surface area contributed by atoms with Crippen LogP contribution >= 0.6 is 0 Å². The van der Waals surface area contributed by atoms with Crippen LogP contribution in [0.3, 0.4) is 0 Å². The number of benzene rings is 1. The second kappa shape index (κ2) is 10.8. The van der Waals surface area contributed by atoms with Crippen molar-refractivity contribution in [3.8, 4) is 0 Å². The lowest BCUT2D eigenvalue weighted by atomic mass is 10.0. The number of hydrogen-bond donors (Lipinski definition) is 2. The smallest absolute Gasteiger partial charge is 0.326 e. The number of amides is 1. The monoisotopic (exact) mass is 390 g/mol. The lowest BCUT2D eigenvalue weighted by Gasteiger charge is -2.30. The summed E-state index contributed by atoms with van der Waals surface area (Å²) < 4.78 is 5.19.